The van der Waals surface area contributed by atoms with Crippen LogP contribution in [-0.4, -0.2) is 49.1 Å². The smallest absolute Gasteiger partial charge is 0.0564 e. The van der Waals surface area contributed by atoms with E-state index in [2.05, 4.69) is 61.0 Å². The molecule has 1 aliphatic rings. The van der Waals surface area contributed by atoms with Crippen molar-refractivity contribution in [1.29, 1.82) is 0 Å². The average molecular weight is 275 g/mol. The number of nitrogens with zero attached hydrogens (tertiary/aromatic N) is 2. The fourth-order valence-electron chi connectivity index (χ4n) is 3.46. The van der Waals surface area contributed by atoms with E-state index in [-0.39, 0.29) is 5.54 Å². The van der Waals surface area contributed by atoms with Crippen molar-refractivity contribution >= 4 is 0 Å². The lowest BCUT2D eigenvalue weighted by Gasteiger charge is -2.46. The Morgan fingerprint density at radius 3 is 2.20 bits per heavy atom. The number of piperazine rings is 1. The van der Waals surface area contributed by atoms with Gasteiger partial charge in [0.2, 0.25) is 0 Å². The second kappa shape index (κ2) is 6.70. The van der Waals surface area contributed by atoms with Crippen molar-refractivity contribution in [2.45, 2.75) is 38.3 Å². The molecule has 20 heavy (non-hydrogen) atoms. The summed E-state index contributed by atoms with van der Waals surface area (Å²) >= 11 is 0. The molecule has 1 fully saturated rings. The molecule has 0 radical (unpaired) electrons. The van der Waals surface area contributed by atoms with Gasteiger partial charge < -0.3 is 10.6 Å². The molecule has 3 heteroatoms. The highest BCUT2D eigenvalue weighted by Crippen LogP contribution is 2.31. The molecule has 3 nitrogen and oxygen atoms in total. The van der Waals surface area contributed by atoms with Crippen LogP contribution < -0.4 is 5.73 Å². The van der Waals surface area contributed by atoms with E-state index in [1.165, 1.54) is 5.56 Å². The Morgan fingerprint density at radius 2 is 1.70 bits per heavy atom. The maximum atomic E-state index is 6.88. The maximum Gasteiger partial charge on any atom is 0.0564 e. The highest BCUT2D eigenvalue weighted by Gasteiger charge is 2.38. The Bertz CT molecular complexity index is 398. The van der Waals surface area contributed by atoms with Crippen molar-refractivity contribution in [2.24, 2.45) is 5.73 Å². The van der Waals surface area contributed by atoms with Crippen LogP contribution in [0.3, 0.4) is 0 Å². The molecule has 1 aromatic rings. The third-order valence-electron chi connectivity index (χ3n) is 4.86. The average Bonchev–Trinajstić information content (AvgIpc) is 2.50. The minimum Gasteiger partial charge on any atom is -0.320 e. The highest BCUT2D eigenvalue weighted by molar-refractivity contribution is 5.26. The monoisotopic (exact) mass is 275 g/mol. The standard InChI is InChI=1S/C17H29N3/c1-4-16(20-13-11-19(3)12-14-20)17(18,5-2)15-9-7-6-8-10-15/h6-10,16H,4-5,11-14,18H2,1-3H3. The van der Waals surface area contributed by atoms with E-state index < -0.39 is 0 Å². The summed E-state index contributed by atoms with van der Waals surface area (Å²) in [5.41, 5.74) is 7.91. The van der Waals surface area contributed by atoms with Crippen LogP contribution in [0.15, 0.2) is 30.3 Å². The molecule has 0 bridgehead atoms. The molecule has 0 aromatic heterocycles. The van der Waals surface area contributed by atoms with Gasteiger partial charge in [0.1, 0.15) is 0 Å². The molecule has 112 valence electrons. The van der Waals surface area contributed by atoms with Gasteiger partial charge in [-0.3, -0.25) is 4.90 Å². The number of rotatable bonds is 5. The minimum absolute atomic E-state index is 0.244. The Labute approximate surface area is 123 Å². The van der Waals surface area contributed by atoms with E-state index in [1.807, 2.05) is 0 Å². The van der Waals surface area contributed by atoms with E-state index in [9.17, 15) is 0 Å². The van der Waals surface area contributed by atoms with Crippen molar-refractivity contribution in [3.8, 4) is 0 Å². The van der Waals surface area contributed by atoms with Crippen molar-refractivity contribution < 1.29 is 0 Å². The largest absolute Gasteiger partial charge is 0.320 e. The first-order chi connectivity index (χ1) is 9.61. The summed E-state index contributed by atoms with van der Waals surface area (Å²) in [4.78, 5) is 4.99. The van der Waals surface area contributed by atoms with E-state index in [4.69, 9.17) is 5.73 Å². The molecule has 0 saturated carbocycles. The predicted octanol–water partition coefficient (Wildman–Crippen LogP) is 2.28. The predicted molar refractivity (Wildman–Crippen MR) is 85.7 cm³/mol. The second-order valence-corrected chi connectivity index (χ2v) is 6.02. The van der Waals surface area contributed by atoms with E-state index in [0.29, 0.717) is 6.04 Å². The van der Waals surface area contributed by atoms with Crippen LogP contribution >= 0.6 is 0 Å². The van der Waals surface area contributed by atoms with Gasteiger partial charge in [0.25, 0.3) is 0 Å². The van der Waals surface area contributed by atoms with Crippen molar-refractivity contribution in [3.05, 3.63) is 35.9 Å². The third kappa shape index (κ3) is 3.05. The molecule has 1 saturated heterocycles. The summed E-state index contributed by atoms with van der Waals surface area (Å²) in [6, 6.07) is 11.1. The van der Waals surface area contributed by atoms with Crippen molar-refractivity contribution in [1.82, 2.24) is 9.80 Å². The summed E-state index contributed by atoms with van der Waals surface area (Å²) in [5, 5.41) is 0. The van der Waals surface area contributed by atoms with Crippen LogP contribution in [0.5, 0.6) is 0 Å². The summed E-state index contributed by atoms with van der Waals surface area (Å²) in [5.74, 6) is 0. The van der Waals surface area contributed by atoms with Crippen LogP contribution in [0, 0.1) is 0 Å². The van der Waals surface area contributed by atoms with Crippen LogP contribution in [0.4, 0.5) is 0 Å². The van der Waals surface area contributed by atoms with Gasteiger partial charge in [0, 0.05) is 32.2 Å². The Balaban J connectivity index is 2.23. The molecular formula is C17H29N3. The maximum absolute atomic E-state index is 6.88. The lowest BCUT2D eigenvalue weighted by atomic mass is 9.79. The third-order valence-corrected chi connectivity index (χ3v) is 4.86. The molecule has 0 amide bonds. The van der Waals surface area contributed by atoms with Crippen LogP contribution in [0.1, 0.15) is 32.3 Å². The fraction of sp³-hybridized carbons (Fsp3) is 0.647. The Kier molecular flexibility index (Phi) is 5.19. The number of benzene rings is 1. The molecule has 0 aliphatic carbocycles. The number of likely N-dealkylation sites (N-methyl/N-ethyl adjacent to an activating group) is 1. The van der Waals surface area contributed by atoms with Gasteiger partial charge in [-0.1, -0.05) is 44.2 Å². The zero-order valence-electron chi connectivity index (χ0n) is 13.2. The molecule has 1 aliphatic heterocycles. The summed E-state index contributed by atoms with van der Waals surface area (Å²) < 4.78 is 0. The van der Waals surface area contributed by atoms with E-state index in [0.717, 1.165) is 39.0 Å². The molecule has 2 rings (SSSR count). The van der Waals surface area contributed by atoms with E-state index in [1.54, 1.807) is 0 Å². The van der Waals surface area contributed by atoms with Gasteiger partial charge in [-0.25, -0.2) is 0 Å². The number of nitrogens with two attached hydrogens (primary N) is 1. The minimum atomic E-state index is -0.244. The van der Waals surface area contributed by atoms with Crippen LogP contribution in [-0.2, 0) is 5.54 Å². The molecule has 2 unspecified atom stereocenters. The van der Waals surface area contributed by atoms with Crippen molar-refractivity contribution in [3.63, 3.8) is 0 Å². The van der Waals surface area contributed by atoms with Gasteiger partial charge in [0.05, 0.1) is 5.54 Å². The Morgan fingerprint density at radius 1 is 1.10 bits per heavy atom. The molecule has 1 heterocycles. The first kappa shape index (κ1) is 15.5. The SMILES string of the molecule is CCC(N1CCN(C)CC1)C(N)(CC)c1ccccc1. The zero-order valence-corrected chi connectivity index (χ0v) is 13.2. The van der Waals surface area contributed by atoms with Crippen LogP contribution in [0.2, 0.25) is 0 Å². The first-order valence-electron chi connectivity index (χ1n) is 7.88. The van der Waals surface area contributed by atoms with Gasteiger partial charge >= 0.3 is 0 Å². The van der Waals surface area contributed by atoms with Crippen molar-refractivity contribution in [2.75, 3.05) is 33.2 Å². The topological polar surface area (TPSA) is 32.5 Å². The molecule has 0 spiro atoms. The van der Waals surface area contributed by atoms with Gasteiger partial charge in [-0.05, 0) is 25.5 Å². The summed E-state index contributed by atoms with van der Waals surface area (Å²) in [7, 11) is 2.20. The molecular weight excluding hydrogens is 246 g/mol. The first-order valence-corrected chi connectivity index (χ1v) is 7.88. The number of hydrogen-bond donors (Lipinski definition) is 1. The lowest BCUT2D eigenvalue weighted by molar-refractivity contribution is 0.0616. The summed E-state index contributed by atoms with van der Waals surface area (Å²) in [6.45, 7) is 9.02. The molecule has 1 aromatic carbocycles. The van der Waals surface area contributed by atoms with E-state index >= 15 is 0 Å². The molecule has 2 N–H and O–H groups in total. The molecule has 2 atom stereocenters. The van der Waals surface area contributed by atoms with Gasteiger partial charge in [-0.2, -0.15) is 0 Å². The quantitative estimate of drug-likeness (QED) is 0.895. The lowest BCUT2D eigenvalue weighted by Crippen LogP contribution is -2.59. The normalized spacial score (nSPS) is 22.4. The Hall–Kier alpha value is -0.900. The van der Waals surface area contributed by atoms with Gasteiger partial charge in [-0.15, -0.1) is 0 Å². The van der Waals surface area contributed by atoms with Crippen LogP contribution in [0.25, 0.3) is 0 Å². The van der Waals surface area contributed by atoms with Gasteiger partial charge in [0.15, 0.2) is 0 Å². The summed E-state index contributed by atoms with van der Waals surface area (Å²) in [6.07, 6.45) is 2.07. The fourth-order valence-corrected chi connectivity index (χ4v) is 3.46. The second-order valence-electron chi connectivity index (χ2n) is 6.02. The highest BCUT2D eigenvalue weighted by atomic mass is 15.3. The zero-order chi connectivity index (χ0) is 14.6. The number of hydrogen-bond acceptors (Lipinski definition) is 3.